The highest BCUT2D eigenvalue weighted by Gasteiger charge is 2.24. The molecule has 1 amide bonds. The van der Waals surface area contributed by atoms with Gasteiger partial charge in [0, 0.05) is 31.9 Å². The molecule has 114 valence electrons. The van der Waals surface area contributed by atoms with Crippen molar-refractivity contribution >= 4 is 22.5 Å². The lowest BCUT2D eigenvalue weighted by Crippen LogP contribution is -2.30. The lowest BCUT2D eigenvalue weighted by molar-refractivity contribution is -0.125. The van der Waals surface area contributed by atoms with E-state index in [0.29, 0.717) is 17.4 Å². The highest BCUT2D eigenvalue weighted by molar-refractivity contribution is 5.87. The summed E-state index contributed by atoms with van der Waals surface area (Å²) < 4.78 is 1.46. The molecule has 1 saturated heterocycles. The van der Waals surface area contributed by atoms with Crippen molar-refractivity contribution in [3.05, 3.63) is 47.5 Å². The van der Waals surface area contributed by atoms with E-state index in [1.807, 2.05) is 18.2 Å². The van der Waals surface area contributed by atoms with Gasteiger partial charge in [0.1, 0.15) is 0 Å². The average Bonchev–Trinajstić information content (AvgIpc) is 2.99. The largest absolute Gasteiger partial charge is 0.380 e. The molecule has 0 spiro atoms. The van der Waals surface area contributed by atoms with E-state index in [0.717, 1.165) is 18.7 Å². The minimum absolute atomic E-state index is 0.0409. The summed E-state index contributed by atoms with van der Waals surface area (Å²) in [6.07, 6.45) is 3.74. The molecule has 2 aromatic rings. The number of aromatic nitrogens is 2. The SMILES string of the molecule is C=CC(=O)N1CCC(Nc2ccc3ncn(C)c(=O)c3c2)C1. The van der Waals surface area contributed by atoms with E-state index in [-0.39, 0.29) is 17.5 Å². The van der Waals surface area contributed by atoms with Crippen LogP contribution in [0.25, 0.3) is 10.9 Å². The van der Waals surface area contributed by atoms with E-state index in [9.17, 15) is 9.59 Å². The predicted molar refractivity (Wildman–Crippen MR) is 85.8 cm³/mol. The third kappa shape index (κ3) is 2.59. The third-order valence-electron chi connectivity index (χ3n) is 3.96. The summed E-state index contributed by atoms with van der Waals surface area (Å²) in [7, 11) is 1.69. The number of hydrogen-bond acceptors (Lipinski definition) is 4. The van der Waals surface area contributed by atoms with Crippen molar-refractivity contribution < 1.29 is 4.79 Å². The minimum Gasteiger partial charge on any atom is -0.380 e. The number of nitrogens with one attached hydrogen (secondary N) is 1. The van der Waals surface area contributed by atoms with Crippen LogP contribution in [0.5, 0.6) is 0 Å². The number of hydrogen-bond donors (Lipinski definition) is 1. The van der Waals surface area contributed by atoms with Gasteiger partial charge < -0.3 is 14.8 Å². The molecular formula is C16H18N4O2. The number of carbonyl (C=O) groups is 1. The van der Waals surface area contributed by atoms with Crippen LogP contribution in [0.15, 0.2) is 42.0 Å². The summed E-state index contributed by atoms with van der Waals surface area (Å²) >= 11 is 0. The Bertz CT molecular complexity index is 796. The Morgan fingerprint density at radius 3 is 3.09 bits per heavy atom. The zero-order chi connectivity index (χ0) is 15.7. The molecule has 0 bridgehead atoms. The van der Waals surface area contributed by atoms with Gasteiger partial charge in [-0.2, -0.15) is 0 Å². The summed E-state index contributed by atoms with van der Waals surface area (Å²) in [5.74, 6) is -0.0409. The number of aryl methyl sites for hydroxylation is 1. The number of nitrogens with zero attached hydrogens (tertiary/aromatic N) is 3. The first-order valence-electron chi connectivity index (χ1n) is 7.22. The van der Waals surface area contributed by atoms with Crippen LogP contribution in [0.1, 0.15) is 6.42 Å². The number of likely N-dealkylation sites (tertiary alicyclic amines) is 1. The van der Waals surface area contributed by atoms with E-state index in [4.69, 9.17) is 0 Å². The highest BCUT2D eigenvalue weighted by Crippen LogP contribution is 2.19. The summed E-state index contributed by atoms with van der Waals surface area (Å²) in [4.78, 5) is 29.7. The van der Waals surface area contributed by atoms with Crippen molar-refractivity contribution in [2.75, 3.05) is 18.4 Å². The van der Waals surface area contributed by atoms with Crippen molar-refractivity contribution in [3.8, 4) is 0 Å². The van der Waals surface area contributed by atoms with Gasteiger partial charge in [0.25, 0.3) is 5.56 Å². The Morgan fingerprint density at radius 2 is 2.32 bits per heavy atom. The van der Waals surface area contributed by atoms with Gasteiger partial charge in [-0.25, -0.2) is 4.98 Å². The first-order valence-corrected chi connectivity index (χ1v) is 7.22. The number of anilines is 1. The van der Waals surface area contributed by atoms with Crippen LogP contribution in [0.2, 0.25) is 0 Å². The van der Waals surface area contributed by atoms with Gasteiger partial charge in [0.15, 0.2) is 0 Å². The van der Waals surface area contributed by atoms with Crippen molar-refractivity contribution in [1.29, 1.82) is 0 Å². The Kier molecular flexibility index (Phi) is 3.66. The summed E-state index contributed by atoms with van der Waals surface area (Å²) in [5, 5.41) is 3.97. The van der Waals surface area contributed by atoms with E-state index in [1.54, 1.807) is 11.9 Å². The lowest BCUT2D eigenvalue weighted by Gasteiger charge is -2.16. The molecule has 0 radical (unpaired) electrons. The smallest absolute Gasteiger partial charge is 0.260 e. The molecule has 1 aliphatic heterocycles. The van der Waals surface area contributed by atoms with Crippen LogP contribution in [0, 0.1) is 0 Å². The molecule has 1 aromatic heterocycles. The summed E-state index contributed by atoms with van der Waals surface area (Å²) in [6.45, 7) is 4.88. The Balaban J connectivity index is 1.80. The first-order chi connectivity index (χ1) is 10.6. The molecule has 0 aliphatic carbocycles. The molecule has 1 aliphatic rings. The Morgan fingerprint density at radius 1 is 1.50 bits per heavy atom. The van der Waals surface area contributed by atoms with Crippen LogP contribution in [-0.4, -0.2) is 39.5 Å². The fraction of sp³-hybridized carbons (Fsp3) is 0.312. The second-order valence-electron chi connectivity index (χ2n) is 5.51. The average molecular weight is 298 g/mol. The number of amides is 1. The van der Waals surface area contributed by atoms with Gasteiger partial charge in [-0.1, -0.05) is 6.58 Å². The zero-order valence-electron chi connectivity index (χ0n) is 12.5. The van der Waals surface area contributed by atoms with Gasteiger partial charge >= 0.3 is 0 Å². The molecule has 6 nitrogen and oxygen atoms in total. The second kappa shape index (κ2) is 5.63. The molecule has 1 fully saturated rings. The van der Waals surface area contributed by atoms with Crippen LogP contribution in [-0.2, 0) is 11.8 Å². The van der Waals surface area contributed by atoms with Gasteiger partial charge in [-0.05, 0) is 30.7 Å². The number of rotatable bonds is 3. The fourth-order valence-corrected chi connectivity index (χ4v) is 2.74. The second-order valence-corrected chi connectivity index (χ2v) is 5.51. The molecule has 22 heavy (non-hydrogen) atoms. The Labute approximate surface area is 128 Å². The quantitative estimate of drug-likeness (QED) is 0.863. The standard InChI is InChI=1S/C16H18N4O2/c1-3-15(21)20-7-6-12(9-20)18-11-4-5-14-13(8-11)16(22)19(2)10-17-14/h3-5,8,10,12,18H,1,6-7,9H2,2H3. The maximum Gasteiger partial charge on any atom is 0.260 e. The number of carbonyl (C=O) groups excluding carboxylic acids is 1. The third-order valence-corrected chi connectivity index (χ3v) is 3.96. The number of fused-ring (bicyclic) bond motifs is 1. The van der Waals surface area contributed by atoms with Crippen LogP contribution in [0.3, 0.4) is 0 Å². The molecule has 1 N–H and O–H groups in total. The maximum absolute atomic E-state index is 12.1. The number of benzene rings is 1. The van der Waals surface area contributed by atoms with Crippen molar-refractivity contribution in [1.82, 2.24) is 14.5 Å². The monoisotopic (exact) mass is 298 g/mol. The van der Waals surface area contributed by atoms with Gasteiger partial charge in [-0.15, -0.1) is 0 Å². The van der Waals surface area contributed by atoms with E-state index < -0.39 is 0 Å². The topological polar surface area (TPSA) is 67.2 Å². The minimum atomic E-state index is -0.0662. The van der Waals surface area contributed by atoms with E-state index in [2.05, 4.69) is 16.9 Å². The summed E-state index contributed by atoms with van der Waals surface area (Å²) in [5.41, 5.74) is 1.49. The molecule has 1 aromatic carbocycles. The van der Waals surface area contributed by atoms with Crippen molar-refractivity contribution in [3.63, 3.8) is 0 Å². The zero-order valence-corrected chi connectivity index (χ0v) is 12.5. The van der Waals surface area contributed by atoms with Gasteiger partial charge in [-0.3, -0.25) is 9.59 Å². The maximum atomic E-state index is 12.1. The van der Waals surface area contributed by atoms with Gasteiger partial charge in [0.05, 0.1) is 17.2 Å². The van der Waals surface area contributed by atoms with Gasteiger partial charge in [0.2, 0.25) is 5.91 Å². The normalized spacial score (nSPS) is 17.7. The predicted octanol–water partition coefficient (Wildman–Crippen LogP) is 1.13. The van der Waals surface area contributed by atoms with Crippen LogP contribution >= 0.6 is 0 Å². The molecule has 3 rings (SSSR count). The molecule has 1 unspecified atom stereocenters. The molecular weight excluding hydrogens is 280 g/mol. The molecule has 2 heterocycles. The van der Waals surface area contributed by atoms with Crippen LogP contribution < -0.4 is 10.9 Å². The molecule has 6 heteroatoms. The van der Waals surface area contributed by atoms with E-state index in [1.165, 1.54) is 17.0 Å². The fourth-order valence-electron chi connectivity index (χ4n) is 2.74. The van der Waals surface area contributed by atoms with Crippen molar-refractivity contribution in [2.24, 2.45) is 7.05 Å². The van der Waals surface area contributed by atoms with Crippen LogP contribution in [0.4, 0.5) is 5.69 Å². The van der Waals surface area contributed by atoms with E-state index >= 15 is 0 Å². The first kappa shape index (κ1) is 14.3. The highest BCUT2D eigenvalue weighted by atomic mass is 16.2. The molecule has 1 atom stereocenters. The summed E-state index contributed by atoms with van der Waals surface area (Å²) in [6, 6.07) is 5.75. The Hall–Kier alpha value is -2.63. The lowest BCUT2D eigenvalue weighted by atomic mass is 10.2. The van der Waals surface area contributed by atoms with Crippen molar-refractivity contribution in [2.45, 2.75) is 12.5 Å². The molecule has 0 saturated carbocycles.